The third kappa shape index (κ3) is 9.44. The van der Waals surface area contributed by atoms with E-state index in [1.807, 2.05) is 0 Å². The fraction of sp³-hybridized carbons (Fsp3) is 0. The summed E-state index contributed by atoms with van der Waals surface area (Å²) in [5, 5.41) is 51.5. The zero-order valence-corrected chi connectivity index (χ0v) is 35.3. The molecular weight excluding hydrogens is 884 g/mol. The second-order valence-electron chi connectivity index (χ2n) is 13.8. The standard InChI is InChI=1S/C47H29Cl4N7O5/c48-28-11-19-37(50)39(23-28)55-57-41-33-7-3-1-5-26(33)21-35(43(41)59)46(62)53-30-13-9-25(10-14-30)45(61)52-31-15-17-32(18-16-31)54-47(63)36-22-27-6-2-4-8-34(27)42(44(36)60)58-56-40-24-29(49)12-20-38(40)51/h1-24,59-60H,(H,52,61)(H,53,62)(H,54,63). The molecule has 0 aromatic heterocycles. The van der Waals surface area contributed by atoms with Crippen LogP contribution in [-0.4, -0.2) is 27.9 Å². The minimum absolute atomic E-state index is 0.0437. The Bertz CT molecular complexity index is 3180. The summed E-state index contributed by atoms with van der Waals surface area (Å²) < 4.78 is 0. The van der Waals surface area contributed by atoms with E-state index in [-0.39, 0.29) is 39.6 Å². The van der Waals surface area contributed by atoms with Crippen LogP contribution < -0.4 is 16.0 Å². The first-order valence-corrected chi connectivity index (χ1v) is 20.3. The van der Waals surface area contributed by atoms with Gasteiger partial charge in [0.1, 0.15) is 22.7 Å². The summed E-state index contributed by atoms with van der Waals surface area (Å²) in [6.45, 7) is 0. The molecule has 0 radical (unpaired) electrons. The van der Waals surface area contributed by atoms with Crippen LogP contribution in [0.1, 0.15) is 31.1 Å². The van der Waals surface area contributed by atoms with Crippen molar-refractivity contribution in [3.05, 3.63) is 182 Å². The van der Waals surface area contributed by atoms with Gasteiger partial charge >= 0.3 is 0 Å². The number of aromatic hydroxyl groups is 2. The Kier molecular flexibility index (Phi) is 12.3. The molecule has 5 N–H and O–H groups in total. The molecule has 12 nitrogen and oxygen atoms in total. The van der Waals surface area contributed by atoms with Crippen molar-refractivity contribution >= 4 is 125 Å². The molecular formula is C47H29Cl4N7O5. The molecule has 3 amide bonds. The molecule has 0 fully saturated rings. The number of amides is 3. The highest BCUT2D eigenvalue weighted by Crippen LogP contribution is 2.42. The number of azo groups is 2. The summed E-state index contributed by atoms with van der Waals surface area (Å²) in [5.41, 5.74) is 2.08. The molecule has 63 heavy (non-hydrogen) atoms. The minimum Gasteiger partial charge on any atom is -0.505 e. The van der Waals surface area contributed by atoms with Crippen LogP contribution in [-0.2, 0) is 0 Å². The Hall–Kier alpha value is -7.35. The van der Waals surface area contributed by atoms with E-state index < -0.39 is 23.5 Å². The van der Waals surface area contributed by atoms with Crippen molar-refractivity contribution in [2.24, 2.45) is 20.5 Å². The number of phenolic OH excluding ortho intramolecular Hbond substituents is 2. The molecule has 0 unspecified atom stereocenters. The maximum atomic E-state index is 13.5. The van der Waals surface area contributed by atoms with Crippen LogP contribution in [0.25, 0.3) is 21.5 Å². The molecule has 0 atom stereocenters. The first-order chi connectivity index (χ1) is 30.4. The number of benzene rings is 8. The van der Waals surface area contributed by atoms with Crippen LogP contribution in [0.2, 0.25) is 20.1 Å². The number of rotatable bonds is 10. The van der Waals surface area contributed by atoms with Gasteiger partial charge in [-0.15, -0.1) is 20.5 Å². The SMILES string of the molecule is O=C(Nc1ccc(NC(=O)c2cc3ccccc3c(N=Nc3cc(Cl)ccc3Cl)c2O)cc1)c1ccc(NC(=O)c2cc3ccccc3c(N=Nc3cc(Cl)ccc3Cl)c2O)cc1. The van der Waals surface area contributed by atoms with Crippen LogP contribution in [0.4, 0.5) is 39.8 Å². The Balaban J connectivity index is 0.931. The van der Waals surface area contributed by atoms with Gasteiger partial charge in [-0.05, 0) is 108 Å². The molecule has 16 heteroatoms. The molecule has 8 rings (SSSR count). The van der Waals surface area contributed by atoms with Gasteiger partial charge in [0.25, 0.3) is 17.7 Å². The highest BCUT2D eigenvalue weighted by molar-refractivity contribution is 6.35. The number of carbonyl (C=O) groups excluding carboxylic acids is 3. The quantitative estimate of drug-likeness (QED) is 0.0856. The number of anilines is 3. The third-order valence-corrected chi connectivity index (χ3v) is 10.7. The normalized spacial score (nSPS) is 11.4. The van der Waals surface area contributed by atoms with Crippen molar-refractivity contribution < 1.29 is 24.6 Å². The van der Waals surface area contributed by atoms with E-state index >= 15 is 0 Å². The Morgan fingerprint density at radius 2 is 0.810 bits per heavy atom. The molecule has 0 bridgehead atoms. The molecule has 0 aliphatic carbocycles. The second kappa shape index (κ2) is 18.3. The smallest absolute Gasteiger partial charge is 0.259 e. The van der Waals surface area contributed by atoms with Gasteiger partial charge in [0, 0.05) is 43.4 Å². The van der Waals surface area contributed by atoms with Crippen LogP contribution in [0.3, 0.4) is 0 Å². The van der Waals surface area contributed by atoms with E-state index in [9.17, 15) is 24.6 Å². The lowest BCUT2D eigenvalue weighted by atomic mass is 10.0. The number of phenols is 2. The maximum Gasteiger partial charge on any atom is 0.259 e. The number of nitrogens with one attached hydrogen (secondary N) is 3. The number of hydrogen-bond acceptors (Lipinski definition) is 9. The van der Waals surface area contributed by atoms with Gasteiger partial charge in [-0.25, -0.2) is 0 Å². The number of carbonyl (C=O) groups is 3. The predicted octanol–water partition coefficient (Wildman–Crippen LogP) is 14.6. The van der Waals surface area contributed by atoms with Crippen molar-refractivity contribution in [1.82, 2.24) is 0 Å². The Morgan fingerprint density at radius 3 is 1.24 bits per heavy atom. The molecule has 8 aromatic rings. The van der Waals surface area contributed by atoms with E-state index in [0.29, 0.717) is 64.3 Å². The molecule has 0 aliphatic rings. The number of hydrogen-bond donors (Lipinski definition) is 5. The molecule has 0 spiro atoms. The lowest BCUT2D eigenvalue weighted by Crippen LogP contribution is -2.14. The zero-order chi connectivity index (χ0) is 44.2. The molecule has 0 heterocycles. The van der Waals surface area contributed by atoms with E-state index in [0.717, 1.165) is 0 Å². The van der Waals surface area contributed by atoms with E-state index in [2.05, 4.69) is 36.4 Å². The summed E-state index contributed by atoms with van der Waals surface area (Å²) in [6.07, 6.45) is 0. The maximum absolute atomic E-state index is 13.5. The topological polar surface area (TPSA) is 177 Å². The number of fused-ring (bicyclic) bond motifs is 2. The molecule has 0 saturated carbocycles. The summed E-state index contributed by atoms with van der Waals surface area (Å²) in [6, 6.07) is 39.2. The van der Waals surface area contributed by atoms with E-state index in [1.165, 1.54) is 24.3 Å². The van der Waals surface area contributed by atoms with E-state index in [4.69, 9.17) is 46.4 Å². The van der Waals surface area contributed by atoms with Gasteiger partial charge in [0.15, 0.2) is 11.5 Å². The van der Waals surface area contributed by atoms with Crippen molar-refractivity contribution in [3.63, 3.8) is 0 Å². The average Bonchev–Trinajstić information content (AvgIpc) is 3.28. The van der Waals surface area contributed by atoms with Crippen molar-refractivity contribution in [3.8, 4) is 11.5 Å². The first-order valence-electron chi connectivity index (χ1n) is 18.8. The van der Waals surface area contributed by atoms with Crippen LogP contribution in [0, 0.1) is 0 Å². The van der Waals surface area contributed by atoms with Crippen LogP contribution in [0.15, 0.2) is 166 Å². The number of nitrogens with zero attached hydrogens (tertiary/aromatic N) is 4. The van der Waals surface area contributed by atoms with E-state index in [1.54, 1.807) is 121 Å². The summed E-state index contributed by atoms with van der Waals surface area (Å²) in [4.78, 5) is 40.2. The lowest BCUT2D eigenvalue weighted by Gasteiger charge is -2.12. The minimum atomic E-state index is -0.624. The van der Waals surface area contributed by atoms with Gasteiger partial charge in [0.05, 0.1) is 21.2 Å². The van der Waals surface area contributed by atoms with Crippen molar-refractivity contribution in [2.45, 2.75) is 0 Å². The lowest BCUT2D eigenvalue weighted by molar-refractivity contribution is 0.101. The van der Waals surface area contributed by atoms with Crippen molar-refractivity contribution in [2.75, 3.05) is 16.0 Å². The van der Waals surface area contributed by atoms with Gasteiger partial charge in [-0.3, -0.25) is 14.4 Å². The molecule has 310 valence electrons. The Labute approximate surface area is 378 Å². The fourth-order valence-corrected chi connectivity index (χ4v) is 7.10. The zero-order valence-electron chi connectivity index (χ0n) is 32.3. The Morgan fingerprint density at radius 1 is 0.429 bits per heavy atom. The first kappa shape index (κ1) is 42.3. The largest absolute Gasteiger partial charge is 0.505 e. The van der Waals surface area contributed by atoms with Crippen LogP contribution in [0.5, 0.6) is 11.5 Å². The van der Waals surface area contributed by atoms with Crippen molar-refractivity contribution in [1.29, 1.82) is 0 Å². The van der Waals surface area contributed by atoms with Gasteiger partial charge in [-0.2, -0.15) is 0 Å². The highest BCUT2D eigenvalue weighted by Gasteiger charge is 2.21. The monoisotopic (exact) mass is 911 g/mol. The highest BCUT2D eigenvalue weighted by atomic mass is 35.5. The summed E-state index contributed by atoms with van der Waals surface area (Å²) in [5.74, 6) is -2.45. The summed E-state index contributed by atoms with van der Waals surface area (Å²) in [7, 11) is 0. The van der Waals surface area contributed by atoms with Gasteiger partial charge in [0.2, 0.25) is 0 Å². The average molecular weight is 914 g/mol. The summed E-state index contributed by atoms with van der Waals surface area (Å²) >= 11 is 24.7. The predicted molar refractivity (Wildman–Crippen MR) is 249 cm³/mol. The fourth-order valence-electron chi connectivity index (χ4n) is 6.46. The second-order valence-corrected chi connectivity index (χ2v) is 15.5. The molecule has 0 saturated heterocycles. The third-order valence-electron chi connectivity index (χ3n) is 9.62. The van der Waals surface area contributed by atoms with Gasteiger partial charge < -0.3 is 26.2 Å². The van der Waals surface area contributed by atoms with Crippen LogP contribution >= 0.6 is 46.4 Å². The number of halogens is 4. The van der Waals surface area contributed by atoms with Gasteiger partial charge in [-0.1, -0.05) is 94.9 Å². The molecule has 8 aromatic carbocycles. The molecule has 0 aliphatic heterocycles.